The molecular weight excluding hydrogens is 392 g/mol. The third-order valence-corrected chi connectivity index (χ3v) is 5.43. The van der Waals surface area contributed by atoms with Gasteiger partial charge in [-0.2, -0.15) is 0 Å². The number of hydrogen-bond acceptors (Lipinski definition) is 5. The Balaban J connectivity index is 1.63. The molecule has 2 N–H and O–H groups in total. The summed E-state index contributed by atoms with van der Waals surface area (Å²) in [6, 6.07) is 16.2. The van der Waals surface area contributed by atoms with E-state index in [9.17, 15) is 13.2 Å². The van der Waals surface area contributed by atoms with Crippen LogP contribution in [0.3, 0.4) is 0 Å². The lowest BCUT2D eigenvalue weighted by molar-refractivity contribution is 0.102. The number of benzene rings is 2. The normalized spacial score (nSPS) is 11.2. The van der Waals surface area contributed by atoms with Gasteiger partial charge in [0, 0.05) is 11.3 Å². The largest absolute Gasteiger partial charge is 0.494 e. The molecule has 1 amide bonds. The van der Waals surface area contributed by atoms with Gasteiger partial charge in [-0.25, -0.2) is 13.1 Å². The van der Waals surface area contributed by atoms with E-state index in [-0.39, 0.29) is 17.3 Å². The lowest BCUT2D eigenvalue weighted by atomic mass is 10.2. The quantitative estimate of drug-likeness (QED) is 0.555. The molecule has 7 nitrogen and oxygen atoms in total. The van der Waals surface area contributed by atoms with Crippen molar-refractivity contribution >= 4 is 21.6 Å². The van der Waals surface area contributed by atoms with Gasteiger partial charge in [0.05, 0.1) is 24.3 Å². The summed E-state index contributed by atoms with van der Waals surface area (Å²) < 4.78 is 37.8. The minimum Gasteiger partial charge on any atom is -0.494 e. The number of amides is 1. The van der Waals surface area contributed by atoms with E-state index in [0.29, 0.717) is 29.4 Å². The fraction of sp³-hybridized carbons (Fsp3) is 0.190. The van der Waals surface area contributed by atoms with Crippen LogP contribution in [0.2, 0.25) is 0 Å². The van der Waals surface area contributed by atoms with E-state index >= 15 is 0 Å². The van der Waals surface area contributed by atoms with Gasteiger partial charge in [-0.15, -0.1) is 0 Å². The van der Waals surface area contributed by atoms with E-state index in [1.165, 1.54) is 30.5 Å². The molecule has 8 heteroatoms. The highest BCUT2D eigenvalue weighted by Gasteiger charge is 2.15. The molecule has 0 bridgehead atoms. The highest BCUT2D eigenvalue weighted by atomic mass is 32.2. The van der Waals surface area contributed by atoms with Gasteiger partial charge in [0.1, 0.15) is 11.5 Å². The Hall–Kier alpha value is -3.10. The van der Waals surface area contributed by atoms with Gasteiger partial charge < -0.3 is 14.5 Å². The molecule has 0 fully saturated rings. The van der Waals surface area contributed by atoms with Gasteiger partial charge in [-0.1, -0.05) is 13.0 Å². The molecule has 3 rings (SSSR count). The average Bonchev–Trinajstić information content (AvgIpc) is 3.25. The first kappa shape index (κ1) is 20.6. The predicted molar refractivity (Wildman–Crippen MR) is 109 cm³/mol. The zero-order valence-electron chi connectivity index (χ0n) is 15.9. The lowest BCUT2D eigenvalue weighted by Crippen LogP contribution is -2.23. The van der Waals surface area contributed by atoms with E-state index in [1.54, 1.807) is 36.4 Å². The van der Waals surface area contributed by atoms with Crippen LogP contribution in [0.5, 0.6) is 5.75 Å². The number of carbonyl (C=O) groups excluding carboxylic acids is 1. The maximum Gasteiger partial charge on any atom is 0.255 e. The zero-order valence-corrected chi connectivity index (χ0v) is 16.7. The third kappa shape index (κ3) is 5.69. The maximum atomic E-state index is 12.4. The zero-order chi connectivity index (χ0) is 20.7. The van der Waals surface area contributed by atoms with Gasteiger partial charge in [-0.05, 0) is 61.0 Å². The summed E-state index contributed by atoms with van der Waals surface area (Å²) in [7, 11) is -3.69. The van der Waals surface area contributed by atoms with Gasteiger partial charge in [-0.3, -0.25) is 4.79 Å². The van der Waals surface area contributed by atoms with Gasteiger partial charge in [0.2, 0.25) is 10.0 Å². The fourth-order valence-corrected chi connectivity index (χ4v) is 3.52. The van der Waals surface area contributed by atoms with Crippen LogP contribution in [0.25, 0.3) is 0 Å². The Morgan fingerprint density at radius 1 is 1.07 bits per heavy atom. The number of furan rings is 1. The van der Waals surface area contributed by atoms with Crippen LogP contribution in [0.1, 0.15) is 29.5 Å². The minimum atomic E-state index is -3.69. The molecule has 0 aliphatic heterocycles. The molecule has 0 radical (unpaired) electrons. The van der Waals surface area contributed by atoms with Crippen molar-refractivity contribution in [3.05, 3.63) is 78.3 Å². The lowest BCUT2D eigenvalue weighted by Gasteiger charge is -2.09. The molecule has 29 heavy (non-hydrogen) atoms. The molecule has 0 saturated carbocycles. The summed E-state index contributed by atoms with van der Waals surface area (Å²) >= 11 is 0. The van der Waals surface area contributed by atoms with Gasteiger partial charge in [0.15, 0.2) is 0 Å². The Labute approximate surface area is 169 Å². The van der Waals surface area contributed by atoms with Crippen molar-refractivity contribution in [2.24, 2.45) is 0 Å². The number of carbonyl (C=O) groups is 1. The molecule has 3 aromatic rings. The fourth-order valence-electron chi connectivity index (χ4n) is 2.53. The number of ether oxygens (including phenoxy) is 1. The van der Waals surface area contributed by atoms with Crippen LogP contribution < -0.4 is 14.8 Å². The summed E-state index contributed by atoms with van der Waals surface area (Å²) in [5.74, 6) is 0.838. The SMILES string of the molecule is CCCOc1cccc(C(=O)Nc2ccc(S(=O)(=O)NCc3ccco3)cc2)c1. The van der Waals surface area contributed by atoms with Crippen LogP contribution in [0.15, 0.2) is 76.2 Å². The van der Waals surface area contributed by atoms with Crippen molar-refractivity contribution in [2.75, 3.05) is 11.9 Å². The first-order chi connectivity index (χ1) is 14.0. The second-order valence-corrected chi connectivity index (χ2v) is 8.03. The van der Waals surface area contributed by atoms with Crippen molar-refractivity contribution < 1.29 is 22.4 Å². The predicted octanol–water partition coefficient (Wildman–Crippen LogP) is 3.80. The number of hydrogen-bond donors (Lipinski definition) is 2. The summed E-state index contributed by atoms with van der Waals surface area (Å²) in [5, 5.41) is 2.75. The van der Waals surface area contributed by atoms with Gasteiger partial charge >= 0.3 is 0 Å². The van der Waals surface area contributed by atoms with Crippen molar-refractivity contribution in [2.45, 2.75) is 24.8 Å². The Morgan fingerprint density at radius 2 is 1.86 bits per heavy atom. The number of anilines is 1. The second-order valence-electron chi connectivity index (χ2n) is 6.26. The van der Waals surface area contributed by atoms with E-state index in [0.717, 1.165) is 6.42 Å². The monoisotopic (exact) mass is 414 g/mol. The van der Waals surface area contributed by atoms with Crippen LogP contribution in [-0.2, 0) is 16.6 Å². The summed E-state index contributed by atoms with van der Waals surface area (Å²) in [5.41, 5.74) is 0.940. The molecule has 0 aliphatic rings. The molecule has 1 heterocycles. The van der Waals surface area contributed by atoms with Crippen molar-refractivity contribution in [1.29, 1.82) is 0 Å². The Kier molecular flexibility index (Phi) is 6.69. The molecule has 0 saturated heterocycles. The molecule has 0 aliphatic carbocycles. The van der Waals surface area contributed by atoms with Crippen LogP contribution in [-0.4, -0.2) is 20.9 Å². The first-order valence-corrected chi connectivity index (χ1v) is 10.6. The number of nitrogens with one attached hydrogen (secondary N) is 2. The van der Waals surface area contributed by atoms with Crippen molar-refractivity contribution in [3.8, 4) is 5.75 Å². The Bertz CT molecular complexity index is 1040. The van der Waals surface area contributed by atoms with Gasteiger partial charge in [0.25, 0.3) is 5.91 Å². The number of rotatable bonds is 9. The van der Waals surface area contributed by atoms with E-state index in [1.807, 2.05) is 6.92 Å². The summed E-state index contributed by atoms with van der Waals surface area (Å²) in [6.07, 6.45) is 2.36. The van der Waals surface area contributed by atoms with E-state index < -0.39 is 10.0 Å². The maximum absolute atomic E-state index is 12.4. The van der Waals surface area contributed by atoms with Crippen LogP contribution in [0.4, 0.5) is 5.69 Å². The van der Waals surface area contributed by atoms with Crippen LogP contribution in [0, 0.1) is 0 Å². The van der Waals surface area contributed by atoms with E-state index in [4.69, 9.17) is 9.15 Å². The standard InChI is InChI=1S/C21H22N2O5S/c1-2-12-27-18-6-3-5-16(14-18)21(24)23-17-8-10-20(11-9-17)29(25,26)22-15-19-7-4-13-28-19/h3-11,13-14,22H,2,12,15H2,1H3,(H,23,24). The summed E-state index contributed by atoms with van der Waals surface area (Å²) in [4.78, 5) is 12.5. The van der Waals surface area contributed by atoms with Crippen LogP contribution >= 0.6 is 0 Å². The minimum absolute atomic E-state index is 0.0598. The molecule has 2 aromatic carbocycles. The molecule has 0 spiro atoms. The average molecular weight is 414 g/mol. The van der Waals surface area contributed by atoms with Crippen molar-refractivity contribution in [1.82, 2.24) is 4.72 Å². The van der Waals surface area contributed by atoms with Crippen molar-refractivity contribution in [3.63, 3.8) is 0 Å². The first-order valence-electron chi connectivity index (χ1n) is 9.14. The molecule has 0 unspecified atom stereocenters. The Morgan fingerprint density at radius 3 is 2.55 bits per heavy atom. The molecule has 152 valence electrons. The molecular formula is C21H22N2O5S. The second kappa shape index (κ2) is 9.40. The highest BCUT2D eigenvalue weighted by molar-refractivity contribution is 7.89. The molecule has 0 atom stereocenters. The molecule has 1 aromatic heterocycles. The smallest absolute Gasteiger partial charge is 0.255 e. The number of sulfonamides is 1. The van der Waals surface area contributed by atoms with E-state index in [2.05, 4.69) is 10.0 Å². The highest BCUT2D eigenvalue weighted by Crippen LogP contribution is 2.18. The third-order valence-electron chi connectivity index (χ3n) is 4.01. The topological polar surface area (TPSA) is 97.6 Å². The summed E-state index contributed by atoms with van der Waals surface area (Å²) in [6.45, 7) is 2.65.